The molecule has 1 aromatic heterocycles. The molecule has 0 aliphatic carbocycles. The summed E-state index contributed by atoms with van der Waals surface area (Å²) < 4.78 is 0. The van der Waals surface area contributed by atoms with Gasteiger partial charge in [0.05, 0.1) is 0 Å². The van der Waals surface area contributed by atoms with Gasteiger partial charge in [-0.15, -0.1) is 0 Å². The van der Waals surface area contributed by atoms with E-state index in [2.05, 4.69) is 37.6 Å². The predicted molar refractivity (Wildman–Crippen MR) is 121 cm³/mol. The van der Waals surface area contributed by atoms with Crippen molar-refractivity contribution < 1.29 is 4.79 Å². The number of hydrogen-bond acceptors (Lipinski definition) is 4. The Morgan fingerprint density at radius 2 is 1.73 bits per heavy atom. The molecule has 2 N–H and O–H groups in total. The number of amides is 2. The van der Waals surface area contributed by atoms with Gasteiger partial charge in [-0.2, -0.15) is 0 Å². The molecule has 0 bridgehead atoms. The smallest absolute Gasteiger partial charge is 0.319 e. The minimum atomic E-state index is -0.210. The van der Waals surface area contributed by atoms with Gasteiger partial charge in [0.1, 0.15) is 5.69 Å². The largest absolute Gasteiger partial charge is 0.355 e. The lowest BCUT2D eigenvalue weighted by molar-refractivity contribution is 0.252. The normalized spacial score (nSPS) is 13.7. The van der Waals surface area contributed by atoms with Crippen molar-refractivity contribution >= 4 is 17.5 Å². The van der Waals surface area contributed by atoms with Crippen molar-refractivity contribution in [3.63, 3.8) is 0 Å². The van der Waals surface area contributed by atoms with Gasteiger partial charge in [0.15, 0.2) is 5.82 Å². The summed E-state index contributed by atoms with van der Waals surface area (Å²) in [4.78, 5) is 23.8. The Hall–Kier alpha value is -3.41. The van der Waals surface area contributed by atoms with E-state index in [1.165, 1.54) is 24.8 Å². The molecule has 0 spiro atoms. The Bertz CT molecular complexity index is 970. The number of carbonyl (C=O) groups excluding carboxylic acids is 1. The molecule has 1 aliphatic heterocycles. The summed E-state index contributed by atoms with van der Waals surface area (Å²) in [5.74, 6) is 0.918. The van der Waals surface area contributed by atoms with Crippen LogP contribution in [0.5, 0.6) is 0 Å². The second kappa shape index (κ2) is 9.87. The van der Waals surface area contributed by atoms with Gasteiger partial charge in [-0.3, -0.25) is 4.98 Å². The number of aromatic nitrogens is 2. The second-order valence-corrected chi connectivity index (χ2v) is 7.47. The van der Waals surface area contributed by atoms with Crippen LogP contribution in [0.4, 0.5) is 16.3 Å². The molecule has 1 saturated heterocycles. The molecule has 1 aliphatic rings. The maximum absolute atomic E-state index is 12.3. The highest BCUT2D eigenvalue weighted by Gasteiger charge is 2.18. The van der Waals surface area contributed by atoms with Crippen molar-refractivity contribution in [2.24, 2.45) is 0 Å². The standard InChI is InChI=1S/C24H27N5O/c30-24(27-13-12-19-8-3-1-4-9-19)28-21-11-7-10-20(18-21)22-23(26-15-14-25-22)29-16-5-2-6-17-29/h1,3-4,7-11,14-15,18H,2,5-6,12-13,16-17H2,(H2,27,28,30). The number of hydrogen-bond donors (Lipinski definition) is 2. The molecular weight excluding hydrogens is 374 g/mol. The van der Waals surface area contributed by atoms with Gasteiger partial charge < -0.3 is 15.5 Å². The fourth-order valence-electron chi connectivity index (χ4n) is 3.76. The highest BCUT2D eigenvalue weighted by molar-refractivity contribution is 5.90. The number of urea groups is 1. The van der Waals surface area contributed by atoms with Crippen LogP contribution in [0.15, 0.2) is 67.0 Å². The molecule has 4 rings (SSSR count). The molecule has 0 atom stereocenters. The molecule has 30 heavy (non-hydrogen) atoms. The number of anilines is 2. The molecule has 154 valence electrons. The first kappa shape index (κ1) is 19.9. The first-order valence-electron chi connectivity index (χ1n) is 10.5. The predicted octanol–water partition coefficient (Wildman–Crippen LogP) is 4.50. The molecule has 2 aromatic carbocycles. The van der Waals surface area contributed by atoms with E-state index in [9.17, 15) is 4.79 Å². The Morgan fingerprint density at radius 3 is 2.57 bits per heavy atom. The van der Waals surface area contributed by atoms with Crippen molar-refractivity contribution in [3.8, 4) is 11.3 Å². The van der Waals surface area contributed by atoms with Crippen LogP contribution in [0, 0.1) is 0 Å². The first-order valence-corrected chi connectivity index (χ1v) is 10.5. The lowest BCUT2D eigenvalue weighted by Crippen LogP contribution is -2.31. The van der Waals surface area contributed by atoms with E-state index in [-0.39, 0.29) is 6.03 Å². The fraction of sp³-hybridized carbons (Fsp3) is 0.292. The molecule has 0 radical (unpaired) electrons. The zero-order valence-corrected chi connectivity index (χ0v) is 17.1. The molecule has 6 heteroatoms. The topological polar surface area (TPSA) is 70.1 Å². The van der Waals surface area contributed by atoms with Crippen molar-refractivity contribution in [1.82, 2.24) is 15.3 Å². The summed E-state index contributed by atoms with van der Waals surface area (Å²) in [6.45, 7) is 2.60. The van der Waals surface area contributed by atoms with Crippen molar-refractivity contribution in [3.05, 3.63) is 72.6 Å². The molecular formula is C24H27N5O. The summed E-state index contributed by atoms with van der Waals surface area (Å²) >= 11 is 0. The zero-order valence-electron chi connectivity index (χ0n) is 17.1. The maximum Gasteiger partial charge on any atom is 0.319 e. The van der Waals surface area contributed by atoms with Gasteiger partial charge in [0.2, 0.25) is 0 Å². The van der Waals surface area contributed by atoms with E-state index in [1.54, 1.807) is 12.4 Å². The summed E-state index contributed by atoms with van der Waals surface area (Å²) in [7, 11) is 0. The Labute approximate surface area is 177 Å². The summed E-state index contributed by atoms with van der Waals surface area (Å²) in [6.07, 6.45) is 7.90. The molecule has 2 amide bonds. The molecule has 0 unspecified atom stereocenters. The molecule has 2 heterocycles. The van der Waals surface area contributed by atoms with E-state index in [0.29, 0.717) is 6.54 Å². The second-order valence-electron chi connectivity index (χ2n) is 7.47. The summed E-state index contributed by atoms with van der Waals surface area (Å²) in [5.41, 5.74) is 3.74. The lowest BCUT2D eigenvalue weighted by atomic mass is 10.1. The van der Waals surface area contributed by atoms with Crippen LogP contribution in [0.3, 0.4) is 0 Å². The fourth-order valence-corrected chi connectivity index (χ4v) is 3.76. The number of benzene rings is 2. The van der Waals surface area contributed by atoms with Gasteiger partial charge in [-0.05, 0) is 43.4 Å². The third-order valence-electron chi connectivity index (χ3n) is 5.27. The summed E-state index contributed by atoms with van der Waals surface area (Å²) in [6, 6.07) is 17.7. The number of carbonyl (C=O) groups is 1. The van der Waals surface area contributed by atoms with Gasteiger partial charge in [-0.25, -0.2) is 9.78 Å². The highest BCUT2D eigenvalue weighted by atomic mass is 16.2. The van der Waals surface area contributed by atoms with E-state index in [1.807, 2.05) is 42.5 Å². The monoisotopic (exact) mass is 401 g/mol. The maximum atomic E-state index is 12.3. The van der Waals surface area contributed by atoms with Crippen LogP contribution in [0.1, 0.15) is 24.8 Å². The van der Waals surface area contributed by atoms with E-state index >= 15 is 0 Å². The highest BCUT2D eigenvalue weighted by Crippen LogP contribution is 2.30. The first-order chi connectivity index (χ1) is 14.8. The Morgan fingerprint density at radius 1 is 0.933 bits per heavy atom. The van der Waals surface area contributed by atoms with Crippen molar-refractivity contribution in [2.75, 3.05) is 29.9 Å². The van der Waals surface area contributed by atoms with E-state index < -0.39 is 0 Å². The molecule has 1 fully saturated rings. The van der Waals surface area contributed by atoms with Gasteiger partial charge in [0.25, 0.3) is 0 Å². The Kier molecular flexibility index (Phi) is 6.54. The number of rotatable bonds is 6. The third kappa shape index (κ3) is 5.14. The molecule has 3 aromatic rings. The van der Waals surface area contributed by atoms with Crippen LogP contribution in [-0.2, 0) is 6.42 Å². The zero-order chi connectivity index (χ0) is 20.6. The lowest BCUT2D eigenvalue weighted by Gasteiger charge is -2.28. The van der Waals surface area contributed by atoms with Crippen LogP contribution in [0.2, 0.25) is 0 Å². The Balaban J connectivity index is 1.41. The van der Waals surface area contributed by atoms with E-state index in [4.69, 9.17) is 0 Å². The quantitative estimate of drug-likeness (QED) is 0.638. The van der Waals surface area contributed by atoms with Crippen LogP contribution in [-0.4, -0.2) is 35.6 Å². The summed E-state index contributed by atoms with van der Waals surface area (Å²) in [5, 5.41) is 5.84. The number of piperidine rings is 1. The average Bonchev–Trinajstić information content (AvgIpc) is 2.80. The van der Waals surface area contributed by atoms with Crippen molar-refractivity contribution in [1.29, 1.82) is 0 Å². The van der Waals surface area contributed by atoms with Gasteiger partial charge in [0, 0.05) is 43.3 Å². The number of nitrogens with one attached hydrogen (secondary N) is 2. The molecule has 0 saturated carbocycles. The van der Waals surface area contributed by atoms with Crippen LogP contribution in [0.25, 0.3) is 11.3 Å². The average molecular weight is 402 g/mol. The SMILES string of the molecule is O=C(NCCc1ccccc1)Nc1cccc(-c2nccnc2N2CCCCC2)c1. The third-order valence-corrected chi connectivity index (χ3v) is 5.27. The van der Waals surface area contributed by atoms with Crippen molar-refractivity contribution in [2.45, 2.75) is 25.7 Å². The van der Waals surface area contributed by atoms with Crippen LogP contribution >= 0.6 is 0 Å². The van der Waals surface area contributed by atoms with Crippen LogP contribution < -0.4 is 15.5 Å². The van der Waals surface area contributed by atoms with E-state index in [0.717, 1.165) is 42.3 Å². The van der Waals surface area contributed by atoms with Gasteiger partial charge >= 0.3 is 6.03 Å². The molecule has 6 nitrogen and oxygen atoms in total. The minimum Gasteiger partial charge on any atom is -0.355 e. The minimum absolute atomic E-state index is 0.210. The number of nitrogens with zero attached hydrogens (tertiary/aromatic N) is 3. The van der Waals surface area contributed by atoms with Gasteiger partial charge in [-0.1, -0.05) is 42.5 Å².